The van der Waals surface area contributed by atoms with Gasteiger partial charge in [-0.25, -0.2) is 13.8 Å². The summed E-state index contributed by atoms with van der Waals surface area (Å²) in [6.45, 7) is 1.37. The molecule has 1 saturated carbocycles. The first-order chi connectivity index (χ1) is 10.00. The fraction of sp³-hybridized carbons (Fsp3) is 0.643. The molecular weight excluding hydrogens is 278 g/mol. The standard InChI is InChI=1S/C14H20F2N4O/c15-14(16)3-1-9(2-4-14)19-13-6-10(5-12(17)20-13)18-11-7-21-8-11/h5-6,9,11H,1-4,7-8H2,(H4,17,18,19,20). The third kappa shape index (κ3) is 3.72. The molecule has 3 rings (SSSR count). The third-order valence-corrected chi connectivity index (χ3v) is 3.92. The van der Waals surface area contributed by atoms with Gasteiger partial charge in [0.2, 0.25) is 5.92 Å². The summed E-state index contributed by atoms with van der Waals surface area (Å²) in [7, 11) is 0. The summed E-state index contributed by atoms with van der Waals surface area (Å²) in [6.07, 6.45) is 0.750. The summed E-state index contributed by atoms with van der Waals surface area (Å²) in [5.74, 6) is -1.48. The third-order valence-electron chi connectivity index (χ3n) is 3.92. The largest absolute Gasteiger partial charge is 0.384 e. The molecule has 1 saturated heterocycles. The van der Waals surface area contributed by atoms with E-state index in [0.29, 0.717) is 43.7 Å². The summed E-state index contributed by atoms with van der Waals surface area (Å²) in [5, 5.41) is 6.52. The number of nitrogens with zero attached hydrogens (tertiary/aromatic N) is 1. The Hall–Kier alpha value is -1.63. The van der Waals surface area contributed by atoms with E-state index in [4.69, 9.17) is 10.5 Å². The van der Waals surface area contributed by atoms with Crippen molar-refractivity contribution in [2.75, 3.05) is 29.6 Å². The number of aromatic nitrogens is 1. The number of alkyl halides is 2. The molecule has 0 atom stereocenters. The molecule has 2 fully saturated rings. The molecule has 0 amide bonds. The molecule has 2 aliphatic rings. The summed E-state index contributed by atoms with van der Waals surface area (Å²) in [6, 6.07) is 3.95. The predicted octanol–water partition coefficient (Wildman–Crippen LogP) is 2.46. The Morgan fingerprint density at radius 1 is 1.14 bits per heavy atom. The van der Waals surface area contributed by atoms with Crippen molar-refractivity contribution in [3.63, 3.8) is 0 Å². The summed E-state index contributed by atoms with van der Waals surface area (Å²) < 4.78 is 31.4. The zero-order valence-corrected chi connectivity index (χ0v) is 11.7. The molecule has 0 aromatic carbocycles. The van der Waals surface area contributed by atoms with E-state index in [0.717, 1.165) is 5.69 Å². The van der Waals surface area contributed by atoms with Gasteiger partial charge in [-0.2, -0.15) is 0 Å². The number of hydrogen-bond acceptors (Lipinski definition) is 5. The van der Waals surface area contributed by atoms with Crippen molar-refractivity contribution in [2.24, 2.45) is 0 Å². The van der Waals surface area contributed by atoms with Crippen molar-refractivity contribution >= 4 is 17.3 Å². The predicted molar refractivity (Wildman–Crippen MR) is 77.7 cm³/mol. The molecule has 0 radical (unpaired) electrons. The highest BCUT2D eigenvalue weighted by molar-refractivity contribution is 5.59. The number of pyridine rings is 1. The van der Waals surface area contributed by atoms with Crippen molar-refractivity contribution in [2.45, 2.75) is 43.7 Å². The lowest BCUT2D eigenvalue weighted by Gasteiger charge is -2.30. The van der Waals surface area contributed by atoms with E-state index in [1.165, 1.54) is 0 Å². The van der Waals surface area contributed by atoms with Crippen LogP contribution < -0.4 is 16.4 Å². The number of anilines is 3. The Kier molecular flexibility index (Phi) is 3.84. The molecule has 1 aromatic rings. The van der Waals surface area contributed by atoms with Crippen LogP contribution in [0.25, 0.3) is 0 Å². The second-order valence-corrected chi connectivity index (χ2v) is 5.82. The molecule has 5 nitrogen and oxygen atoms in total. The monoisotopic (exact) mass is 298 g/mol. The molecule has 2 heterocycles. The quantitative estimate of drug-likeness (QED) is 0.796. The molecule has 1 aliphatic carbocycles. The van der Waals surface area contributed by atoms with Gasteiger partial charge < -0.3 is 21.1 Å². The van der Waals surface area contributed by atoms with Gasteiger partial charge in [-0.3, -0.25) is 0 Å². The molecule has 0 spiro atoms. The fourth-order valence-electron chi connectivity index (χ4n) is 2.66. The molecule has 0 bridgehead atoms. The highest BCUT2D eigenvalue weighted by Crippen LogP contribution is 2.34. The van der Waals surface area contributed by atoms with Crippen molar-refractivity contribution in [1.29, 1.82) is 0 Å². The van der Waals surface area contributed by atoms with Gasteiger partial charge in [0.15, 0.2) is 0 Å². The smallest absolute Gasteiger partial charge is 0.248 e. The lowest BCUT2D eigenvalue weighted by molar-refractivity contribution is -0.0361. The van der Waals surface area contributed by atoms with Crippen molar-refractivity contribution in [3.05, 3.63) is 12.1 Å². The van der Waals surface area contributed by atoms with Crippen LogP contribution in [0, 0.1) is 0 Å². The van der Waals surface area contributed by atoms with Gasteiger partial charge in [-0.1, -0.05) is 0 Å². The second-order valence-electron chi connectivity index (χ2n) is 5.82. The number of nitrogens with one attached hydrogen (secondary N) is 2. The van der Waals surface area contributed by atoms with Crippen molar-refractivity contribution in [1.82, 2.24) is 4.98 Å². The number of rotatable bonds is 4. The van der Waals surface area contributed by atoms with E-state index in [9.17, 15) is 8.78 Å². The first-order valence-corrected chi connectivity index (χ1v) is 7.26. The number of hydrogen-bond donors (Lipinski definition) is 3. The van der Waals surface area contributed by atoms with E-state index < -0.39 is 5.92 Å². The van der Waals surface area contributed by atoms with Gasteiger partial charge in [0.1, 0.15) is 11.6 Å². The first kappa shape index (κ1) is 14.3. The minimum Gasteiger partial charge on any atom is -0.384 e. The highest BCUT2D eigenvalue weighted by atomic mass is 19.3. The van der Waals surface area contributed by atoms with Crippen molar-refractivity contribution in [3.8, 4) is 0 Å². The normalized spacial score (nSPS) is 22.6. The van der Waals surface area contributed by atoms with E-state index in [-0.39, 0.29) is 18.9 Å². The zero-order valence-electron chi connectivity index (χ0n) is 11.7. The Bertz CT molecular complexity index is 498. The lowest BCUT2D eigenvalue weighted by Crippen LogP contribution is -2.40. The van der Waals surface area contributed by atoms with Gasteiger partial charge in [-0.15, -0.1) is 0 Å². The fourth-order valence-corrected chi connectivity index (χ4v) is 2.66. The zero-order chi connectivity index (χ0) is 14.9. The van der Waals surface area contributed by atoms with Gasteiger partial charge in [-0.05, 0) is 12.8 Å². The molecule has 0 unspecified atom stereocenters. The van der Waals surface area contributed by atoms with Crippen LogP contribution in [-0.2, 0) is 4.74 Å². The van der Waals surface area contributed by atoms with Gasteiger partial charge in [0, 0.05) is 36.7 Å². The number of nitrogens with two attached hydrogens (primary N) is 1. The van der Waals surface area contributed by atoms with Crippen LogP contribution in [0.4, 0.5) is 26.1 Å². The maximum absolute atomic E-state index is 13.1. The average molecular weight is 298 g/mol. The summed E-state index contributed by atoms with van der Waals surface area (Å²) in [4.78, 5) is 4.22. The SMILES string of the molecule is Nc1cc(NC2COC2)cc(NC2CCC(F)(F)CC2)n1. The maximum atomic E-state index is 13.1. The molecule has 4 N–H and O–H groups in total. The minimum atomic E-state index is -2.52. The summed E-state index contributed by atoms with van der Waals surface area (Å²) in [5.41, 5.74) is 6.67. The Labute approximate surface area is 122 Å². The molecule has 7 heteroatoms. The number of ether oxygens (including phenoxy) is 1. The number of halogens is 2. The Balaban J connectivity index is 1.62. The summed E-state index contributed by atoms with van der Waals surface area (Å²) >= 11 is 0. The minimum absolute atomic E-state index is 0.0267. The van der Waals surface area contributed by atoms with Crippen molar-refractivity contribution < 1.29 is 13.5 Å². The van der Waals surface area contributed by atoms with Crippen LogP contribution in [0.5, 0.6) is 0 Å². The van der Waals surface area contributed by atoms with Crippen LogP contribution in [0.3, 0.4) is 0 Å². The van der Waals surface area contributed by atoms with Gasteiger partial charge >= 0.3 is 0 Å². The average Bonchev–Trinajstić information content (AvgIpc) is 2.36. The first-order valence-electron chi connectivity index (χ1n) is 7.26. The molecule has 21 heavy (non-hydrogen) atoms. The second kappa shape index (κ2) is 5.63. The maximum Gasteiger partial charge on any atom is 0.248 e. The topological polar surface area (TPSA) is 72.2 Å². The van der Waals surface area contributed by atoms with Crippen LogP contribution in [0.2, 0.25) is 0 Å². The van der Waals surface area contributed by atoms with Gasteiger partial charge in [0.25, 0.3) is 0 Å². The van der Waals surface area contributed by atoms with E-state index in [1.54, 1.807) is 6.07 Å². The van der Waals surface area contributed by atoms with E-state index in [2.05, 4.69) is 15.6 Å². The van der Waals surface area contributed by atoms with E-state index in [1.807, 2.05) is 6.07 Å². The molecule has 116 valence electrons. The van der Waals surface area contributed by atoms with Gasteiger partial charge in [0.05, 0.1) is 19.3 Å². The molecular formula is C14H20F2N4O. The number of nitrogen functional groups attached to an aromatic ring is 1. The Morgan fingerprint density at radius 2 is 1.86 bits per heavy atom. The van der Waals surface area contributed by atoms with Crippen LogP contribution in [0.15, 0.2) is 12.1 Å². The molecule has 1 aromatic heterocycles. The van der Waals surface area contributed by atoms with Crippen LogP contribution in [-0.4, -0.2) is 36.2 Å². The Morgan fingerprint density at radius 3 is 2.48 bits per heavy atom. The lowest BCUT2D eigenvalue weighted by atomic mass is 9.92. The van der Waals surface area contributed by atoms with Crippen LogP contribution in [0.1, 0.15) is 25.7 Å². The molecule has 1 aliphatic heterocycles. The highest BCUT2D eigenvalue weighted by Gasteiger charge is 2.34. The van der Waals surface area contributed by atoms with E-state index >= 15 is 0 Å². The van der Waals surface area contributed by atoms with Crippen LogP contribution >= 0.6 is 0 Å².